The maximum Gasteiger partial charge on any atom is 0.397 e. The molecule has 0 aromatic carbocycles. The molecule has 582 valence electrons. The monoisotopic (exact) mass is 1650 g/mol. The van der Waals surface area contributed by atoms with Gasteiger partial charge in [-0.3, -0.25) is 41.0 Å². The molecule has 0 aromatic heterocycles. The average molecular weight is 1650 g/mol. The van der Waals surface area contributed by atoms with Crippen LogP contribution in [-0.2, 0) is 207 Å². The van der Waals surface area contributed by atoms with Crippen LogP contribution in [0.25, 0.3) is 0 Å². The number of carboxylic acid groups (broad SMARTS) is 2. The molecule has 0 saturated carbocycles. The highest BCUT2D eigenvalue weighted by Crippen LogP contribution is 2.41. The number of carbonyl (C=O) groups is 2. The third-order valence-corrected chi connectivity index (χ3v) is 17.4. The first-order valence-corrected chi connectivity index (χ1v) is 37.8. The predicted octanol–water partition coefficient (Wildman–Crippen LogP) is -10.0. The summed E-state index contributed by atoms with van der Waals surface area (Å²) in [5.41, 5.74) is 0. The van der Waals surface area contributed by atoms with Gasteiger partial charge < -0.3 is 81.6 Å². The molecule has 25 atom stereocenters. The van der Waals surface area contributed by atoms with E-state index in [2.05, 4.69) is 33.5 Å². The van der Waals surface area contributed by atoms with Gasteiger partial charge in [-0.2, -0.15) is 75.8 Å². The Bertz CT molecular complexity index is 3830. The molecule has 0 amide bonds. The topological polar surface area (TPSA) is 796 Å². The Labute approximate surface area is 557 Å². The Balaban J connectivity index is 1.69. The summed E-state index contributed by atoms with van der Waals surface area (Å²) in [5.74, 6) is -4.78. The number of hydrogen-bond donors (Lipinski definition) is 12. The summed E-state index contributed by atoms with van der Waals surface area (Å²) in [6.07, 6.45) is -69.9. The van der Waals surface area contributed by atoms with Crippen molar-refractivity contribution >= 4 is 106 Å². The molecule has 5 aliphatic heterocycles. The largest absolute Gasteiger partial charge is 0.479 e. The van der Waals surface area contributed by atoms with Crippen molar-refractivity contribution in [3.8, 4) is 0 Å². The van der Waals surface area contributed by atoms with Crippen molar-refractivity contribution in [2.45, 2.75) is 154 Å². The lowest BCUT2D eigenvalue weighted by atomic mass is 9.95. The molecule has 55 nitrogen and oxygen atoms in total. The molecule has 99 heavy (non-hydrogen) atoms. The van der Waals surface area contributed by atoms with E-state index in [1.54, 1.807) is 0 Å². The van der Waals surface area contributed by atoms with Crippen LogP contribution in [0.3, 0.4) is 0 Å². The zero-order valence-electron chi connectivity index (χ0n) is 49.2. The molecule has 5 rings (SSSR count). The number of rotatable bonds is 36. The van der Waals surface area contributed by atoms with Crippen LogP contribution in [-0.4, -0.2) is 353 Å². The fourth-order valence-electron chi connectivity index (χ4n) is 10.0. The minimum Gasteiger partial charge on any atom is -0.479 e. The molecule has 0 radical (unpaired) electrons. The van der Waals surface area contributed by atoms with E-state index in [1.165, 1.54) is 0 Å². The number of methoxy groups -OCH3 is 5. The van der Waals surface area contributed by atoms with Gasteiger partial charge in [-0.15, -0.1) is 0 Å². The van der Waals surface area contributed by atoms with E-state index >= 15 is 0 Å². The molecule has 1 unspecified atom stereocenters. The van der Waals surface area contributed by atoms with E-state index in [4.69, 9.17) is 70.5 Å². The third-order valence-electron chi connectivity index (χ3n) is 13.3. The fraction of sp³-hybridized carbons (Fsp3) is 0.943. The van der Waals surface area contributed by atoms with E-state index in [0.717, 1.165) is 14.2 Å². The van der Waals surface area contributed by atoms with Gasteiger partial charge in [0.2, 0.25) is 0 Å². The normalized spacial score (nSPS) is 36.7. The molecule has 5 heterocycles. The molecule has 64 heteroatoms. The number of carboxylic acids is 2. The first kappa shape index (κ1) is 86.8. The maximum atomic E-state index is 13.3. The standard InChI is InChI=1S/C35H58O55S9/c1-68-12-9(6-73-91(41,42)43)77-33(26(15(12)69-2)88-97(59,60)61)81-18-16(70-3)25(72-5)32(83-22(18)29(36)37)79-14-11(8-75-93(47,48)49)78-34(28(90-99(65,66)67)21(14)86-95(53,54)55)82-19-17(71-4)27(89-98(62,63)64)35(84-23(19)30(38)39)80-13-10(7-74-92(44,45)46)76-31(40)24(87-96(56,57)58)20(13)85-94(50,51)52/h9-28,31-35,40H,6-8H2,1-5H3,(H,36,37)(H,38,39)(H,41,42,43)(H,44,45,46)(H,47,48,49)(H,50,51,52)(H,53,54,55)(H,56,57,58)(H,59,60,61)(H,62,63,64)(H,65,66,67)/t9-,10-,11-,12-,13-,14-,15+,16+,17+,18+,19+,20+,21+,22+,23-,24-,25-,26-,27-,28-,31?,32-,33-,34-,35-/m1/s1. The van der Waals surface area contributed by atoms with Gasteiger partial charge >= 0.3 is 106 Å². The van der Waals surface area contributed by atoms with Crippen LogP contribution in [0.1, 0.15) is 0 Å². The van der Waals surface area contributed by atoms with Crippen molar-refractivity contribution in [1.82, 2.24) is 0 Å². The van der Waals surface area contributed by atoms with Crippen LogP contribution in [0.15, 0.2) is 0 Å². The van der Waals surface area contributed by atoms with Gasteiger partial charge in [-0.1, -0.05) is 0 Å². The number of ether oxygens (including phenoxy) is 14. The predicted molar refractivity (Wildman–Crippen MR) is 285 cm³/mol. The first-order valence-electron chi connectivity index (χ1n) is 25.5. The Morgan fingerprint density at radius 2 is 0.515 bits per heavy atom. The van der Waals surface area contributed by atoms with E-state index in [1.807, 2.05) is 0 Å². The van der Waals surface area contributed by atoms with Gasteiger partial charge in [0.1, 0.15) is 85.5 Å². The van der Waals surface area contributed by atoms with Gasteiger partial charge in [0, 0.05) is 35.5 Å². The molecule has 0 spiro atoms. The summed E-state index contributed by atoms with van der Waals surface area (Å²) in [7, 11) is -50.4. The zero-order chi connectivity index (χ0) is 75.5. The van der Waals surface area contributed by atoms with E-state index in [0.29, 0.717) is 21.3 Å². The summed E-state index contributed by atoms with van der Waals surface area (Å²) in [5, 5.41) is 31.9. The summed E-state index contributed by atoms with van der Waals surface area (Å²) in [6.45, 7) is -5.07. The maximum absolute atomic E-state index is 13.3. The second-order valence-electron chi connectivity index (χ2n) is 19.7. The van der Waals surface area contributed by atoms with Crippen LogP contribution < -0.4 is 0 Å². The Hall–Kier alpha value is -2.83. The molecular formula is C35H58O55S9. The molecular weight excluding hydrogens is 1590 g/mol. The average Bonchev–Trinajstić information content (AvgIpc) is 0.768. The molecule has 0 aromatic rings. The van der Waals surface area contributed by atoms with Gasteiger partial charge in [0.05, 0.1) is 19.8 Å². The van der Waals surface area contributed by atoms with Crippen molar-refractivity contribution < 1.29 is 246 Å². The second-order valence-corrected chi connectivity index (χ2v) is 29.2. The van der Waals surface area contributed by atoms with E-state index < -0.39 is 279 Å². The van der Waals surface area contributed by atoms with Crippen LogP contribution in [0.2, 0.25) is 0 Å². The van der Waals surface area contributed by atoms with Gasteiger partial charge in [-0.25, -0.2) is 47.2 Å². The molecule has 0 aliphatic carbocycles. The smallest absolute Gasteiger partial charge is 0.397 e. The highest BCUT2D eigenvalue weighted by molar-refractivity contribution is 7.82. The first-order chi connectivity index (χ1) is 45.0. The van der Waals surface area contributed by atoms with Gasteiger partial charge in [0.15, 0.2) is 68.1 Å². The minimum atomic E-state index is -6.39. The zero-order valence-corrected chi connectivity index (χ0v) is 56.5. The Morgan fingerprint density at radius 3 is 0.818 bits per heavy atom. The summed E-state index contributed by atoms with van der Waals surface area (Å²) in [6, 6.07) is 0. The molecule has 5 fully saturated rings. The Kier molecular flexibility index (Phi) is 29.6. The quantitative estimate of drug-likeness (QED) is 0.0259. The number of aliphatic hydroxyl groups is 1. The number of hydrogen-bond acceptors (Lipinski definition) is 44. The van der Waals surface area contributed by atoms with Crippen molar-refractivity contribution in [2.75, 3.05) is 55.4 Å². The lowest BCUT2D eigenvalue weighted by Gasteiger charge is -2.51. The summed E-state index contributed by atoms with van der Waals surface area (Å²) in [4.78, 5) is 26.6. The number of aliphatic carboxylic acids is 2. The van der Waals surface area contributed by atoms with Gasteiger partial charge in [-0.05, 0) is 0 Å². The third kappa shape index (κ3) is 25.7. The molecule has 5 saturated heterocycles. The lowest BCUT2D eigenvalue weighted by molar-refractivity contribution is -0.385. The highest BCUT2D eigenvalue weighted by Gasteiger charge is 2.63. The fourth-order valence-corrected chi connectivity index (χ4v) is 13.9. The highest BCUT2D eigenvalue weighted by atomic mass is 32.3. The van der Waals surface area contributed by atoms with Crippen LogP contribution >= 0.6 is 0 Å². The van der Waals surface area contributed by atoms with E-state index in [-0.39, 0.29) is 0 Å². The summed E-state index contributed by atoms with van der Waals surface area (Å²) >= 11 is 0. The number of aliphatic hydroxyl groups excluding tert-OH is 1. The molecule has 12 N–H and O–H groups in total. The summed E-state index contributed by atoms with van der Waals surface area (Å²) < 4.78 is 424. The lowest BCUT2D eigenvalue weighted by Crippen LogP contribution is -2.70. The van der Waals surface area contributed by atoms with Crippen molar-refractivity contribution in [2.24, 2.45) is 0 Å². The van der Waals surface area contributed by atoms with Crippen LogP contribution in [0.5, 0.6) is 0 Å². The van der Waals surface area contributed by atoms with Crippen molar-refractivity contribution in [3.63, 3.8) is 0 Å². The molecule has 5 aliphatic rings. The SMILES string of the molecule is CO[C@@H]1[C@@H](OC)[C@H](O[C@H]2[C@H](OS(=O)(=O)O)[C@@H](OS(=O)(=O)O)[C@@H](O[C@H]3[C@H](OC)[C@@H](OS(=O)(=O)O)[C@H](O[C@H]4[C@H](OS(=O)(=O)O)[C@@H](OS(=O)(=O)O)C(O)O[C@@H]4COS(=O)(=O)O)O[C@H]3C(=O)O)O[C@@H]2COS(=O)(=O)O)O[C@H](C(=O)O)[C@H]1O[C@H]1O[C@H](COS(=O)(=O)O)[C@@H](OC)[C@H](OC)[C@H]1OS(=O)(=O)O. The van der Waals surface area contributed by atoms with Crippen molar-refractivity contribution in [1.29, 1.82) is 0 Å². The molecule has 0 bridgehead atoms. The van der Waals surface area contributed by atoms with Crippen LogP contribution in [0.4, 0.5) is 0 Å². The minimum absolute atomic E-state index is 0.403. The second kappa shape index (κ2) is 33.7. The van der Waals surface area contributed by atoms with Crippen LogP contribution in [0, 0.1) is 0 Å². The van der Waals surface area contributed by atoms with Gasteiger partial charge in [0.25, 0.3) is 0 Å². The van der Waals surface area contributed by atoms with E-state index in [9.17, 15) is 142 Å². The Morgan fingerprint density at radius 1 is 0.283 bits per heavy atom. The van der Waals surface area contributed by atoms with Crippen molar-refractivity contribution in [3.05, 3.63) is 0 Å².